The van der Waals surface area contributed by atoms with Crippen LogP contribution in [0, 0.1) is 11.6 Å². The second kappa shape index (κ2) is 6.53. The Morgan fingerprint density at radius 3 is 2.85 bits per heavy atom. The Kier molecular flexibility index (Phi) is 4.75. The van der Waals surface area contributed by atoms with Crippen LogP contribution in [0.1, 0.15) is 21.1 Å². The van der Waals surface area contributed by atoms with Crippen molar-refractivity contribution in [2.24, 2.45) is 5.73 Å². The minimum Gasteiger partial charge on any atom is -0.347 e. The summed E-state index contributed by atoms with van der Waals surface area (Å²) in [4.78, 5) is 16.0. The SMILES string of the molecule is NCCc1nc(C(=O)NCc2ccc(F)c(F)c2)cs1. The first-order valence-electron chi connectivity index (χ1n) is 5.96. The lowest BCUT2D eigenvalue weighted by Gasteiger charge is -2.04. The number of amides is 1. The first kappa shape index (κ1) is 14.5. The van der Waals surface area contributed by atoms with E-state index in [0.717, 1.165) is 17.1 Å². The molecular formula is C13H13F2N3OS. The van der Waals surface area contributed by atoms with Gasteiger partial charge in [-0.15, -0.1) is 11.3 Å². The number of carbonyl (C=O) groups is 1. The van der Waals surface area contributed by atoms with Gasteiger partial charge in [-0.05, 0) is 24.2 Å². The number of nitrogens with two attached hydrogens (primary N) is 1. The van der Waals surface area contributed by atoms with E-state index in [1.54, 1.807) is 5.38 Å². The van der Waals surface area contributed by atoms with Gasteiger partial charge in [0.25, 0.3) is 5.91 Å². The third-order valence-electron chi connectivity index (χ3n) is 2.58. The third kappa shape index (κ3) is 3.58. The van der Waals surface area contributed by atoms with Gasteiger partial charge in [-0.1, -0.05) is 6.07 Å². The quantitative estimate of drug-likeness (QED) is 0.885. The molecule has 0 unspecified atom stereocenters. The molecule has 1 aromatic carbocycles. The number of rotatable bonds is 5. The summed E-state index contributed by atoms with van der Waals surface area (Å²) < 4.78 is 25.8. The molecule has 0 spiro atoms. The standard InChI is InChI=1S/C13H13F2N3OS/c14-9-2-1-8(5-10(9)15)6-17-13(19)11-7-20-12(18-11)3-4-16/h1-2,5,7H,3-4,6,16H2,(H,17,19). The smallest absolute Gasteiger partial charge is 0.271 e. The number of carbonyl (C=O) groups excluding carboxylic acids is 1. The summed E-state index contributed by atoms with van der Waals surface area (Å²) in [5.41, 5.74) is 6.19. The van der Waals surface area contributed by atoms with Crippen molar-refractivity contribution >= 4 is 17.2 Å². The van der Waals surface area contributed by atoms with Crippen molar-refractivity contribution in [1.82, 2.24) is 10.3 Å². The minimum absolute atomic E-state index is 0.111. The second-order valence-corrected chi connectivity index (χ2v) is 5.04. The van der Waals surface area contributed by atoms with E-state index in [1.165, 1.54) is 17.4 Å². The fourth-order valence-corrected chi connectivity index (χ4v) is 2.37. The number of nitrogens with one attached hydrogen (secondary N) is 1. The highest BCUT2D eigenvalue weighted by Crippen LogP contribution is 2.11. The monoisotopic (exact) mass is 297 g/mol. The Bertz CT molecular complexity index is 615. The Morgan fingerprint density at radius 1 is 1.35 bits per heavy atom. The molecule has 2 aromatic rings. The van der Waals surface area contributed by atoms with Crippen LogP contribution in [-0.4, -0.2) is 17.4 Å². The van der Waals surface area contributed by atoms with Crippen LogP contribution < -0.4 is 11.1 Å². The largest absolute Gasteiger partial charge is 0.347 e. The Labute approximate surface area is 118 Å². The third-order valence-corrected chi connectivity index (χ3v) is 3.49. The molecule has 20 heavy (non-hydrogen) atoms. The zero-order valence-electron chi connectivity index (χ0n) is 10.5. The van der Waals surface area contributed by atoms with E-state index in [2.05, 4.69) is 10.3 Å². The first-order valence-corrected chi connectivity index (χ1v) is 6.84. The minimum atomic E-state index is -0.935. The summed E-state index contributed by atoms with van der Waals surface area (Å²) in [5, 5.41) is 5.04. The van der Waals surface area contributed by atoms with E-state index in [9.17, 15) is 13.6 Å². The van der Waals surface area contributed by atoms with E-state index < -0.39 is 11.6 Å². The Morgan fingerprint density at radius 2 is 2.15 bits per heavy atom. The maximum Gasteiger partial charge on any atom is 0.271 e. The van der Waals surface area contributed by atoms with Crippen LogP contribution in [0.2, 0.25) is 0 Å². The van der Waals surface area contributed by atoms with E-state index in [0.29, 0.717) is 24.2 Å². The highest BCUT2D eigenvalue weighted by atomic mass is 32.1. The number of benzene rings is 1. The number of hydrogen-bond donors (Lipinski definition) is 2. The van der Waals surface area contributed by atoms with Crippen LogP contribution >= 0.6 is 11.3 Å². The van der Waals surface area contributed by atoms with Gasteiger partial charge in [0.05, 0.1) is 5.01 Å². The van der Waals surface area contributed by atoms with Gasteiger partial charge in [0.2, 0.25) is 0 Å². The van der Waals surface area contributed by atoms with Crippen LogP contribution in [0.25, 0.3) is 0 Å². The van der Waals surface area contributed by atoms with Crippen molar-refractivity contribution in [2.45, 2.75) is 13.0 Å². The van der Waals surface area contributed by atoms with Gasteiger partial charge in [0, 0.05) is 18.3 Å². The van der Waals surface area contributed by atoms with Crippen LogP contribution in [0.5, 0.6) is 0 Å². The van der Waals surface area contributed by atoms with Crippen LogP contribution in [0.4, 0.5) is 8.78 Å². The summed E-state index contributed by atoms with van der Waals surface area (Å²) in [6.07, 6.45) is 0.626. The molecule has 0 saturated heterocycles. The highest BCUT2D eigenvalue weighted by Gasteiger charge is 2.10. The van der Waals surface area contributed by atoms with Gasteiger partial charge >= 0.3 is 0 Å². The Hall–Kier alpha value is -1.86. The molecule has 0 saturated carbocycles. The summed E-state index contributed by atoms with van der Waals surface area (Å²) in [5.74, 6) is -2.20. The molecule has 0 bridgehead atoms. The molecule has 0 aliphatic heterocycles. The highest BCUT2D eigenvalue weighted by molar-refractivity contribution is 7.09. The Balaban J connectivity index is 1.95. The number of aromatic nitrogens is 1. The fourth-order valence-electron chi connectivity index (χ4n) is 1.58. The molecule has 4 nitrogen and oxygen atoms in total. The van der Waals surface area contributed by atoms with Crippen LogP contribution in [-0.2, 0) is 13.0 Å². The number of nitrogens with zero attached hydrogens (tertiary/aromatic N) is 1. The van der Waals surface area contributed by atoms with Crippen molar-refractivity contribution in [3.8, 4) is 0 Å². The zero-order valence-corrected chi connectivity index (χ0v) is 11.3. The summed E-state index contributed by atoms with van der Waals surface area (Å²) in [6, 6.07) is 3.50. The summed E-state index contributed by atoms with van der Waals surface area (Å²) in [7, 11) is 0. The van der Waals surface area contributed by atoms with E-state index in [4.69, 9.17) is 5.73 Å². The molecule has 3 N–H and O–H groups in total. The maximum atomic E-state index is 13.0. The lowest BCUT2D eigenvalue weighted by Crippen LogP contribution is -2.23. The summed E-state index contributed by atoms with van der Waals surface area (Å²) in [6.45, 7) is 0.587. The molecule has 0 aliphatic carbocycles. The molecule has 1 amide bonds. The fraction of sp³-hybridized carbons (Fsp3) is 0.231. The molecular weight excluding hydrogens is 284 g/mol. The molecule has 7 heteroatoms. The molecule has 1 heterocycles. The number of hydrogen-bond acceptors (Lipinski definition) is 4. The first-order chi connectivity index (χ1) is 9.60. The van der Waals surface area contributed by atoms with Gasteiger partial charge in [-0.3, -0.25) is 4.79 Å². The predicted molar refractivity (Wildman–Crippen MR) is 72.4 cm³/mol. The maximum absolute atomic E-state index is 13.0. The predicted octanol–water partition coefficient (Wildman–Crippen LogP) is 1.85. The van der Waals surface area contributed by atoms with Gasteiger partial charge in [-0.25, -0.2) is 13.8 Å². The van der Waals surface area contributed by atoms with Gasteiger partial charge in [-0.2, -0.15) is 0 Å². The van der Waals surface area contributed by atoms with Crippen molar-refractivity contribution in [3.63, 3.8) is 0 Å². The number of thiazole rings is 1. The van der Waals surface area contributed by atoms with Crippen LogP contribution in [0.15, 0.2) is 23.6 Å². The van der Waals surface area contributed by atoms with Crippen molar-refractivity contribution in [1.29, 1.82) is 0 Å². The average Bonchev–Trinajstić information content (AvgIpc) is 2.89. The lowest BCUT2D eigenvalue weighted by atomic mass is 10.2. The van der Waals surface area contributed by atoms with Crippen LogP contribution in [0.3, 0.4) is 0 Å². The molecule has 2 rings (SSSR count). The molecule has 0 atom stereocenters. The van der Waals surface area contributed by atoms with Crippen molar-refractivity contribution < 1.29 is 13.6 Å². The molecule has 0 fully saturated rings. The van der Waals surface area contributed by atoms with Crippen molar-refractivity contribution in [2.75, 3.05) is 6.54 Å². The van der Waals surface area contributed by atoms with E-state index in [-0.39, 0.29) is 12.5 Å². The zero-order chi connectivity index (χ0) is 14.5. The van der Waals surface area contributed by atoms with E-state index in [1.807, 2.05) is 0 Å². The molecule has 1 aromatic heterocycles. The lowest BCUT2D eigenvalue weighted by molar-refractivity contribution is 0.0946. The molecule has 0 aliphatic rings. The molecule has 0 radical (unpaired) electrons. The van der Waals surface area contributed by atoms with Crippen molar-refractivity contribution in [3.05, 3.63) is 51.5 Å². The van der Waals surface area contributed by atoms with E-state index >= 15 is 0 Å². The number of halogens is 2. The normalized spacial score (nSPS) is 10.6. The molecule has 106 valence electrons. The summed E-state index contributed by atoms with van der Waals surface area (Å²) >= 11 is 1.37. The van der Waals surface area contributed by atoms with Gasteiger partial charge < -0.3 is 11.1 Å². The van der Waals surface area contributed by atoms with Gasteiger partial charge in [0.1, 0.15) is 5.69 Å². The topological polar surface area (TPSA) is 68.0 Å². The van der Waals surface area contributed by atoms with Gasteiger partial charge in [0.15, 0.2) is 11.6 Å². The second-order valence-electron chi connectivity index (χ2n) is 4.10. The average molecular weight is 297 g/mol.